The highest BCUT2D eigenvalue weighted by molar-refractivity contribution is 6.32. The number of hydrogen-bond acceptors (Lipinski definition) is 6. The Labute approximate surface area is 194 Å². The minimum atomic E-state index is -0.590. The van der Waals surface area contributed by atoms with Gasteiger partial charge >= 0.3 is 5.69 Å². The molecule has 2 aromatic rings. The van der Waals surface area contributed by atoms with E-state index in [4.69, 9.17) is 16.3 Å². The normalized spacial score (nSPS) is 25.3. The zero-order valence-corrected chi connectivity index (χ0v) is 18.4. The third-order valence-electron chi connectivity index (χ3n) is 6.52. The summed E-state index contributed by atoms with van der Waals surface area (Å²) >= 11 is 6.30. The van der Waals surface area contributed by atoms with Gasteiger partial charge in [0.2, 0.25) is 5.75 Å². The molecule has 0 aromatic heterocycles. The number of imide groups is 1. The van der Waals surface area contributed by atoms with Crippen LogP contribution in [-0.4, -0.2) is 28.0 Å². The second-order valence-corrected chi connectivity index (χ2v) is 9.02. The molecule has 9 heteroatoms. The average Bonchev–Trinajstić information content (AvgIpc) is 3.46. The van der Waals surface area contributed by atoms with E-state index in [1.807, 2.05) is 43.3 Å². The monoisotopic (exact) mass is 465 g/mol. The van der Waals surface area contributed by atoms with Crippen molar-refractivity contribution in [3.05, 3.63) is 80.4 Å². The van der Waals surface area contributed by atoms with E-state index < -0.39 is 4.92 Å². The van der Waals surface area contributed by atoms with Crippen molar-refractivity contribution in [2.75, 3.05) is 0 Å². The molecule has 0 unspecified atom stereocenters. The number of aryl methyl sites for hydroxylation is 1. The number of hydrazone groups is 1. The van der Waals surface area contributed by atoms with Crippen molar-refractivity contribution in [1.82, 2.24) is 5.01 Å². The van der Waals surface area contributed by atoms with Crippen molar-refractivity contribution in [1.29, 1.82) is 0 Å². The number of ether oxygens (including phenoxy) is 1. The molecule has 1 saturated heterocycles. The van der Waals surface area contributed by atoms with E-state index in [1.54, 1.807) is 0 Å². The van der Waals surface area contributed by atoms with Gasteiger partial charge in [0.25, 0.3) is 11.8 Å². The molecule has 0 radical (unpaired) electrons. The van der Waals surface area contributed by atoms with Crippen LogP contribution in [0, 0.1) is 40.7 Å². The summed E-state index contributed by atoms with van der Waals surface area (Å²) in [6, 6.07) is 10.3. The van der Waals surface area contributed by atoms with Gasteiger partial charge in [-0.15, -0.1) is 0 Å². The van der Waals surface area contributed by atoms with Gasteiger partial charge in [-0.3, -0.25) is 19.7 Å². The van der Waals surface area contributed by atoms with Gasteiger partial charge in [0.05, 0.1) is 28.0 Å². The van der Waals surface area contributed by atoms with E-state index in [1.165, 1.54) is 18.3 Å². The van der Waals surface area contributed by atoms with Gasteiger partial charge in [0, 0.05) is 11.6 Å². The number of nitro groups is 1. The molecule has 0 N–H and O–H groups in total. The van der Waals surface area contributed by atoms with E-state index in [0.29, 0.717) is 0 Å². The summed E-state index contributed by atoms with van der Waals surface area (Å²) < 4.78 is 5.66. The van der Waals surface area contributed by atoms with Gasteiger partial charge in [-0.05, 0) is 36.8 Å². The van der Waals surface area contributed by atoms with Crippen LogP contribution in [-0.2, 0) is 16.2 Å². The lowest BCUT2D eigenvalue weighted by molar-refractivity contribution is -0.385. The fourth-order valence-electron chi connectivity index (χ4n) is 4.92. The van der Waals surface area contributed by atoms with E-state index in [9.17, 15) is 19.7 Å². The van der Waals surface area contributed by atoms with Crippen molar-refractivity contribution in [3.8, 4) is 5.75 Å². The van der Waals surface area contributed by atoms with Crippen LogP contribution in [0.5, 0.6) is 5.75 Å². The standard InChI is InChI=1S/C24H20ClN3O5/c1-13-2-4-14(5-3-13)12-33-22-18(25)8-15(9-19(22)28(31)32)11-26-27-23(29)20-16-6-7-17(10-16)21(20)24(27)30/h2-9,11,16-17,20-21H,10,12H2,1H3/t16-,17-,20-,21+/m0/s1. The molecule has 3 aliphatic rings. The van der Waals surface area contributed by atoms with Crippen molar-refractivity contribution in [3.63, 3.8) is 0 Å². The minimum absolute atomic E-state index is 0.0379. The Morgan fingerprint density at radius 3 is 2.39 bits per heavy atom. The van der Waals surface area contributed by atoms with Crippen molar-refractivity contribution in [2.45, 2.75) is 20.0 Å². The van der Waals surface area contributed by atoms with Crippen LogP contribution in [0.4, 0.5) is 5.69 Å². The number of hydrogen-bond donors (Lipinski definition) is 0. The summed E-state index contributed by atoms with van der Waals surface area (Å²) in [7, 11) is 0. The highest BCUT2D eigenvalue weighted by Gasteiger charge is 2.59. The van der Waals surface area contributed by atoms with Gasteiger partial charge in [-0.1, -0.05) is 53.6 Å². The molecule has 2 fully saturated rings. The highest BCUT2D eigenvalue weighted by Crippen LogP contribution is 2.52. The highest BCUT2D eigenvalue weighted by atomic mass is 35.5. The molecular weight excluding hydrogens is 446 g/mol. The molecule has 4 atom stereocenters. The zero-order valence-electron chi connectivity index (χ0n) is 17.7. The van der Waals surface area contributed by atoms with E-state index in [2.05, 4.69) is 5.10 Å². The third-order valence-corrected chi connectivity index (χ3v) is 6.80. The molecule has 168 valence electrons. The maximum Gasteiger partial charge on any atom is 0.313 e. The Balaban J connectivity index is 1.36. The Hall–Kier alpha value is -3.52. The first-order valence-electron chi connectivity index (χ1n) is 10.6. The molecule has 5 rings (SSSR count). The second kappa shape index (κ2) is 8.12. The molecule has 1 aliphatic heterocycles. The predicted molar refractivity (Wildman–Crippen MR) is 121 cm³/mol. The summed E-state index contributed by atoms with van der Waals surface area (Å²) in [4.78, 5) is 36.6. The zero-order chi connectivity index (χ0) is 23.3. The fourth-order valence-corrected chi connectivity index (χ4v) is 5.19. The number of nitrogens with zero attached hydrogens (tertiary/aromatic N) is 3. The maximum absolute atomic E-state index is 12.7. The molecule has 0 spiro atoms. The number of carbonyl (C=O) groups is 2. The first-order chi connectivity index (χ1) is 15.8. The summed E-state index contributed by atoms with van der Waals surface area (Å²) in [5, 5.41) is 16.7. The quantitative estimate of drug-likeness (QED) is 0.208. The molecule has 1 heterocycles. The molecule has 2 aliphatic carbocycles. The number of carbonyl (C=O) groups excluding carboxylic acids is 2. The van der Waals surface area contributed by atoms with Crippen LogP contribution in [0.15, 0.2) is 53.7 Å². The molecule has 33 heavy (non-hydrogen) atoms. The lowest BCUT2D eigenvalue weighted by Crippen LogP contribution is -2.28. The topological polar surface area (TPSA) is 102 Å². The van der Waals surface area contributed by atoms with Crippen LogP contribution in [0.3, 0.4) is 0 Å². The van der Waals surface area contributed by atoms with Crippen molar-refractivity contribution in [2.24, 2.45) is 28.8 Å². The van der Waals surface area contributed by atoms with Crippen molar-refractivity contribution >= 4 is 35.3 Å². The number of nitro benzene ring substituents is 1. The van der Waals surface area contributed by atoms with Gasteiger partial charge in [-0.25, -0.2) is 0 Å². The van der Waals surface area contributed by atoms with E-state index in [-0.39, 0.29) is 64.1 Å². The largest absolute Gasteiger partial charge is 0.481 e. The first-order valence-corrected chi connectivity index (χ1v) is 11.0. The minimum Gasteiger partial charge on any atom is -0.481 e. The van der Waals surface area contributed by atoms with E-state index >= 15 is 0 Å². The van der Waals surface area contributed by atoms with Crippen LogP contribution < -0.4 is 4.74 Å². The number of halogens is 1. The van der Waals surface area contributed by atoms with Crippen LogP contribution in [0.1, 0.15) is 23.1 Å². The summed E-state index contributed by atoms with van der Waals surface area (Å²) in [6.07, 6.45) is 6.08. The third kappa shape index (κ3) is 3.70. The Kier molecular flexibility index (Phi) is 5.25. The molecular formula is C24H20ClN3O5. The van der Waals surface area contributed by atoms with E-state index in [0.717, 1.165) is 22.6 Å². The van der Waals surface area contributed by atoms with Gasteiger partial charge in [0.15, 0.2) is 0 Å². The lowest BCUT2D eigenvalue weighted by Gasteiger charge is -2.13. The lowest BCUT2D eigenvalue weighted by atomic mass is 9.85. The summed E-state index contributed by atoms with van der Waals surface area (Å²) in [5.74, 6) is -1.26. The Bertz CT molecular complexity index is 1190. The molecule has 1 saturated carbocycles. The second-order valence-electron chi connectivity index (χ2n) is 8.62. The predicted octanol–water partition coefficient (Wildman–Crippen LogP) is 4.28. The molecule has 8 nitrogen and oxygen atoms in total. The first kappa shape index (κ1) is 21.3. The molecule has 2 bridgehead atoms. The smallest absolute Gasteiger partial charge is 0.313 e. The number of allylic oxidation sites excluding steroid dienone is 2. The maximum atomic E-state index is 12.7. The molecule has 2 aromatic carbocycles. The van der Waals surface area contributed by atoms with Gasteiger partial charge < -0.3 is 4.74 Å². The summed E-state index contributed by atoms with van der Waals surface area (Å²) in [5.41, 5.74) is 1.90. The number of benzene rings is 2. The molecule has 2 amide bonds. The van der Waals surface area contributed by atoms with Crippen molar-refractivity contribution < 1.29 is 19.2 Å². The Morgan fingerprint density at radius 1 is 1.15 bits per heavy atom. The SMILES string of the molecule is Cc1ccc(COc2c(Cl)cc(C=NN3C(=O)[C@@H]4[C@H](C3=O)[C@H]3C=C[C@H]4C3)cc2[N+](=O)[O-])cc1. The Morgan fingerprint density at radius 2 is 1.79 bits per heavy atom. The number of amides is 2. The van der Waals surface area contributed by atoms with Gasteiger partial charge in [-0.2, -0.15) is 10.1 Å². The average molecular weight is 466 g/mol. The van der Waals surface area contributed by atoms with Gasteiger partial charge in [0.1, 0.15) is 6.61 Å². The number of rotatable bonds is 6. The van der Waals surface area contributed by atoms with Crippen LogP contribution in [0.25, 0.3) is 0 Å². The fraction of sp³-hybridized carbons (Fsp3) is 0.292. The van der Waals surface area contributed by atoms with Crippen LogP contribution in [0.2, 0.25) is 5.02 Å². The number of fused-ring (bicyclic) bond motifs is 5. The summed E-state index contributed by atoms with van der Waals surface area (Å²) in [6.45, 7) is 2.08. The van der Waals surface area contributed by atoms with Crippen LogP contribution >= 0.6 is 11.6 Å².